The van der Waals surface area contributed by atoms with Crippen molar-refractivity contribution in [3.8, 4) is 0 Å². The molecule has 0 spiro atoms. The van der Waals surface area contributed by atoms with E-state index >= 15 is 0 Å². The van der Waals surface area contributed by atoms with Crippen molar-refractivity contribution in [2.24, 2.45) is 0 Å². The van der Waals surface area contributed by atoms with Crippen LogP contribution in [0.2, 0.25) is 0 Å². The van der Waals surface area contributed by atoms with Crippen molar-refractivity contribution in [1.29, 1.82) is 0 Å². The molecule has 0 saturated carbocycles. The average Bonchev–Trinajstić information content (AvgIpc) is 2.08. The molecule has 0 saturated heterocycles. The van der Waals surface area contributed by atoms with Gasteiger partial charge < -0.3 is 4.74 Å². The molecule has 0 radical (unpaired) electrons. The van der Waals surface area contributed by atoms with Crippen molar-refractivity contribution >= 4 is 35.2 Å². The number of esters is 1. The van der Waals surface area contributed by atoms with Crippen LogP contribution in [-0.4, -0.2) is 20.9 Å². The molecule has 0 aromatic heterocycles. The Morgan fingerprint density at radius 2 is 2.25 bits per heavy atom. The SMILES string of the molecule is Bc1cc(C(=O)OC)ccc1Br. The van der Waals surface area contributed by atoms with Gasteiger partial charge in [-0.15, -0.1) is 0 Å². The van der Waals surface area contributed by atoms with E-state index in [9.17, 15) is 4.79 Å². The Morgan fingerprint density at radius 3 is 2.75 bits per heavy atom. The minimum atomic E-state index is -0.300. The molecule has 0 N–H and O–H groups in total. The van der Waals surface area contributed by atoms with Crippen molar-refractivity contribution in [2.75, 3.05) is 7.11 Å². The maximum Gasteiger partial charge on any atom is 0.337 e. The fraction of sp³-hybridized carbons (Fsp3) is 0.125. The van der Waals surface area contributed by atoms with Crippen molar-refractivity contribution in [3.63, 3.8) is 0 Å². The Hall–Kier alpha value is -0.765. The van der Waals surface area contributed by atoms with E-state index in [1.54, 1.807) is 12.1 Å². The van der Waals surface area contributed by atoms with Gasteiger partial charge in [0.15, 0.2) is 0 Å². The lowest BCUT2D eigenvalue weighted by Crippen LogP contribution is -2.09. The van der Waals surface area contributed by atoms with Crippen LogP contribution in [0.25, 0.3) is 0 Å². The Kier molecular flexibility index (Phi) is 2.92. The van der Waals surface area contributed by atoms with E-state index in [0.29, 0.717) is 5.56 Å². The largest absolute Gasteiger partial charge is 0.465 e. The molecule has 0 aliphatic carbocycles. The summed E-state index contributed by atoms with van der Waals surface area (Å²) >= 11 is 3.35. The van der Waals surface area contributed by atoms with Gasteiger partial charge in [-0.2, -0.15) is 0 Å². The van der Waals surface area contributed by atoms with Gasteiger partial charge in [-0.3, -0.25) is 0 Å². The molecule has 62 valence electrons. The Morgan fingerprint density at radius 1 is 1.58 bits per heavy atom. The third-order valence-electron chi connectivity index (χ3n) is 1.58. The van der Waals surface area contributed by atoms with Crippen LogP contribution >= 0.6 is 15.9 Å². The number of methoxy groups -OCH3 is 1. The minimum absolute atomic E-state index is 0.300. The summed E-state index contributed by atoms with van der Waals surface area (Å²) in [5, 5.41) is 0. The summed E-state index contributed by atoms with van der Waals surface area (Å²) in [5.74, 6) is -0.300. The molecule has 1 aromatic carbocycles. The van der Waals surface area contributed by atoms with Crippen molar-refractivity contribution in [1.82, 2.24) is 0 Å². The van der Waals surface area contributed by atoms with Crippen LogP contribution in [0.4, 0.5) is 0 Å². The number of rotatable bonds is 1. The summed E-state index contributed by atoms with van der Waals surface area (Å²) in [7, 11) is 3.30. The molecule has 12 heavy (non-hydrogen) atoms. The van der Waals surface area contributed by atoms with E-state index in [2.05, 4.69) is 20.7 Å². The zero-order valence-corrected chi connectivity index (χ0v) is 8.51. The number of carbonyl (C=O) groups is 1. The van der Waals surface area contributed by atoms with Crippen LogP contribution in [0.1, 0.15) is 10.4 Å². The van der Waals surface area contributed by atoms with Gasteiger partial charge in [-0.05, 0) is 12.1 Å². The molecule has 0 unspecified atom stereocenters. The summed E-state index contributed by atoms with van der Waals surface area (Å²) in [6.07, 6.45) is 0. The fourth-order valence-electron chi connectivity index (χ4n) is 0.890. The Labute approximate surface area is 80.5 Å². The lowest BCUT2D eigenvalue weighted by atomic mass is 9.94. The predicted molar refractivity (Wildman–Crippen MR) is 53.7 cm³/mol. The van der Waals surface area contributed by atoms with Gasteiger partial charge in [0.05, 0.1) is 12.7 Å². The van der Waals surface area contributed by atoms with Crippen molar-refractivity contribution in [3.05, 3.63) is 28.2 Å². The maximum absolute atomic E-state index is 11.0. The van der Waals surface area contributed by atoms with Gasteiger partial charge in [0.2, 0.25) is 0 Å². The maximum atomic E-state index is 11.0. The van der Waals surface area contributed by atoms with E-state index in [4.69, 9.17) is 0 Å². The minimum Gasteiger partial charge on any atom is -0.465 e. The van der Waals surface area contributed by atoms with E-state index in [1.165, 1.54) is 7.11 Å². The van der Waals surface area contributed by atoms with Gasteiger partial charge in [-0.25, -0.2) is 4.79 Å². The highest BCUT2D eigenvalue weighted by molar-refractivity contribution is 9.10. The van der Waals surface area contributed by atoms with Gasteiger partial charge in [0, 0.05) is 4.47 Å². The Balaban J connectivity index is 3.05. The van der Waals surface area contributed by atoms with Crippen LogP contribution in [-0.2, 0) is 4.74 Å². The molecule has 4 heteroatoms. The summed E-state index contributed by atoms with van der Waals surface area (Å²) < 4.78 is 5.57. The van der Waals surface area contributed by atoms with Crippen LogP contribution in [0, 0.1) is 0 Å². The highest BCUT2D eigenvalue weighted by Crippen LogP contribution is 2.07. The summed E-state index contributed by atoms with van der Waals surface area (Å²) in [5.41, 5.74) is 1.61. The van der Waals surface area contributed by atoms with Crippen LogP contribution in [0.3, 0.4) is 0 Å². The monoisotopic (exact) mass is 226 g/mol. The second-order valence-electron chi connectivity index (χ2n) is 2.46. The van der Waals surface area contributed by atoms with Crippen LogP contribution < -0.4 is 5.46 Å². The molecule has 2 nitrogen and oxygen atoms in total. The molecule has 0 heterocycles. The number of hydrogen-bond acceptors (Lipinski definition) is 2. The number of hydrogen-bond donors (Lipinski definition) is 0. The molecule has 0 atom stereocenters. The van der Waals surface area contributed by atoms with Gasteiger partial charge in [0.1, 0.15) is 7.85 Å². The summed E-state index contributed by atoms with van der Waals surface area (Å²) in [4.78, 5) is 11.0. The van der Waals surface area contributed by atoms with E-state index < -0.39 is 0 Å². The number of benzene rings is 1. The molecule has 0 aliphatic heterocycles. The van der Waals surface area contributed by atoms with Crippen molar-refractivity contribution < 1.29 is 9.53 Å². The summed E-state index contributed by atoms with van der Waals surface area (Å²) in [6, 6.07) is 5.35. The first-order valence-corrected chi connectivity index (χ1v) is 4.29. The second kappa shape index (κ2) is 3.76. The quantitative estimate of drug-likeness (QED) is 0.515. The molecule has 0 fully saturated rings. The Bertz CT molecular complexity index is 312. The second-order valence-corrected chi connectivity index (χ2v) is 3.31. The molecule has 0 bridgehead atoms. The first kappa shape index (κ1) is 9.32. The fourth-order valence-corrected chi connectivity index (χ4v) is 1.14. The molecule has 0 amide bonds. The average molecular weight is 227 g/mol. The predicted octanol–water partition coefficient (Wildman–Crippen LogP) is 0.494. The highest BCUT2D eigenvalue weighted by Gasteiger charge is 2.05. The number of ether oxygens (including phenoxy) is 1. The molecule has 1 rings (SSSR count). The van der Waals surface area contributed by atoms with Crippen LogP contribution in [0.5, 0.6) is 0 Å². The normalized spacial score (nSPS) is 9.50. The molecule has 0 aliphatic rings. The molecular weight excluding hydrogens is 219 g/mol. The number of halogens is 1. The molecular formula is C8H8BBrO2. The van der Waals surface area contributed by atoms with Gasteiger partial charge >= 0.3 is 5.97 Å². The summed E-state index contributed by atoms with van der Waals surface area (Å²) in [6.45, 7) is 0. The number of carbonyl (C=O) groups excluding carboxylic acids is 1. The zero-order valence-electron chi connectivity index (χ0n) is 6.93. The third kappa shape index (κ3) is 1.88. The van der Waals surface area contributed by atoms with E-state index in [-0.39, 0.29) is 5.97 Å². The molecule has 1 aromatic rings. The third-order valence-corrected chi connectivity index (χ3v) is 2.47. The van der Waals surface area contributed by atoms with E-state index in [0.717, 1.165) is 9.94 Å². The first-order valence-electron chi connectivity index (χ1n) is 3.49. The lowest BCUT2D eigenvalue weighted by molar-refractivity contribution is 0.0601. The zero-order chi connectivity index (χ0) is 9.14. The van der Waals surface area contributed by atoms with Crippen molar-refractivity contribution in [2.45, 2.75) is 0 Å². The van der Waals surface area contributed by atoms with Crippen LogP contribution in [0.15, 0.2) is 22.7 Å². The van der Waals surface area contributed by atoms with E-state index in [1.807, 2.05) is 13.9 Å². The van der Waals surface area contributed by atoms with Gasteiger partial charge in [0.25, 0.3) is 0 Å². The lowest BCUT2D eigenvalue weighted by Gasteiger charge is -2.01. The topological polar surface area (TPSA) is 26.3 Å². The smallest absolute Gasteiger partial charge is 0.337 e. The first-order chi connectivity index (χ1) is 5.65. The highest BCUT2D eigenvalue weighted by atomic mass is 79.9. The van der Waals surface area contributed by atoms with Gasteiger partial charge in [-0.1, -0.05) is 27.5 Å². The standard InChI is InChI=1S/C8H8BBrO2/c1-12-8(11)5-2-3-7(10)6(9)4-5/h2-4H,9H2,1H3.